The van der Waals surface area contributed by atoms with Crippen LogP contribution in [0.25, 0.3) is 5.82 Å². The summed E-state index contributed by atoms with van der Waals surface area (Å²) in [5.41, 5.74) is 4.81. The lowest BCUT2D eigenvalue weighted by Crippen LogP contribution is -2.46. The van der Waals surface area contributed by atoms with Crippen molar-refractivity contribution in [1.29, 1.82) is 0 Å². The molecule has 2 aromatic heterocycles. The zero-order valence-corrected chi connectivity index (χ0v) is 19.0. The Morgan fingerprint density at radius 1 is 1.06 bits per heavy atom. The van der Waals surface area contributed by atoms with Crippen LogP contribution in [-0.4, -0.2) is 58.4 Å². The molecule has 8 nitrogen and oxygen atoms in total. The van der Waals surface area contributed by atoms with Gasteiger partial charge in [0.25, 0.3) is 0 Å². The molecule has 0 saturated carbocycles. The number of hydrogen-bond acceptors (Lipinski definition) is 5. The molecule has 1 aromatic carbocycles. The topological polar surface area (TPSA) is 78.3 Å². The van der Waals surface area contributed by atoms with Gasteiger partial charge in [-0.05, 0) is 50.2 Å². The fourth-order valence-corrected chi connectivity index (χ4v) is 4.02. The second-order valence-electron chi connectivity index (χ2n) is 8.11. The van der Waals surface area contributed by atoms with Crippen molar-refractivity contribution in [3.63, 3.8) is 0 Å². The summed E-state index contributed by atoms with van der Waals surface area (Å²) in [4.78, 5) is 21.8. The van der Waals surface area contributed by atoms with E-state index in [0.29, 0.717) is 6.54 Å². The number of hydrogen-bond donors (Lipinski definition) is 2. The summed E-state index contributed by atoms with van der Waals surface area (Å²) < 4.78 is 1.82. The van der Waals surface area contributed by atoms with E-state index in [1.807, 2.05) is 54.9 Å². The van der Waals surface area contributed by atoms with Gasteiger partial charge in [0.1, 0.15) is 0 Å². The van der Waals surface area contributed by atoms with Gasteiger partial charge in [-0.25, -0.2) is 14.5 Å². The van der Waals surface area contributed by atoms with Crippen molar-refractivity contribution in [2.45, 2.75) is 27.3 Å². The maximum Gasteiger partial charge on any atom is 0.319 e. The first-order valence-electron chi connectivity index (χ1n) is 11.1. The third kappa shape index (κ3) is 5.08. The molecule has 0 unspecified atom stereocenters. The van der Waals surface area contributed by atoms with Crippen LogP contribution in [0.15, 0.2) is 48.7 Å². The van der Waals surface area contributed by atoms with Crippen molar-refractivity contribution in [2.75, 3.05) is 42.9 Å². The number of amides is 2. The van der Waals surface area contributed by atoms with Crippen molar-refractivity contribution < 1.29 is 4.79 Å². The van der Waals surface area contributed by atoms with Gasteiger partial charge < -0.3 is 20.4 Å². The summed E-state index contributed by atoms with van der Waals surface area (Å²) in [5, 5.41) is 10.4. The van der Waals surface area contributed by atoms with Crippen LogP contribution in [0, 0.1) is 13.8 Å². The van der Waals surface area contributed by atoms with Gasteiger partial charge in [-0.15, -0.1) is 0 Å². The molecule has 3 aromatic rings. The van der Waals surface area contributed by atoms with Gasteiger partial charge in [0.2, 0.25) is 0 Å². The molecule has 2 N–H and O–H groups in total. The van der Waals surface area contributed by atoms with Gasteiger partial charge in [-0.1, -0.05) is 25.1 Å². The molecule has 4 rings (SSSR count). The molecule has 0 aliphatic carbocycles. The number of rotatable bonds is 6. The number of aryl methyl sites for hydroxylation is 2. The molecule has 1 aliphatic rings. The van der Waals surface area contributed by atoms with Crippen molar-refractivity contribution in [2.24, 2.45) is 0 Å². The minimum absolute atomic E-state index is 0.229. The first kappa shape index (κ1) is 21.8. The second kappa shape index (κ2) is 9.82. The number of urea groups is 1. The van der Waals surface area contributed by atoms with Crippen molar-refractivity contribution >= 4 is 17.4 Å². The van der Waals surface area contributed by atoms with E-state index in [0.717, 1.165) is 66.9 Å². The number of likely N-dealkylation sites (N-methyl/N-ethyl adjacent to an activating group) is 1. The van der Waals surface area contributed by atoms with E-state index in [4.69, 9.17) is 0 Å². The van der Waals surface area contributed by atoms with Crippen LogP contribution in [0.3, 0.4) is 0 Å². The Morgan fingerprint density at radius 2 is 1.84 bits per heavy atom. The van der Waals surface area contributed by atoms with Gasteiger partial charge in [0.05, 0.1) is 17.1 Å². The maximum atomic E-state index is 12.6. The van der Waals surface area contributed by atoms with Gasteiger partial charge in [-0.3, -0.25) is 0 Å². The van der Waals surface area contributed by atoms with E-state index >= 15 is 0 Å². The fourth-order valence-electron chi connectivity index (χ4n) is 4.02. The molecule has 0 bridgehead atoms. The Hall–Kier alpha value is -3.39. The van der Waals surface area contributed by atoms with Crippen LogP contribution < -0.4 is 15.5 Å². The number of piperazine rings is 1. The fraction of sp³-hybridized carbons (Fsp3) is 0.375. The predicted molar refractivity (Wildman–Crippen MR) is 127 cm³/mol. The standard InChI is InChI=1S/C24H31N7O/c1-4-29-11-13-30(14-12-29)22-8-6-5-7-21(22)27-24(32)26-17-20-9-10-23(25-16-20)31-19(3)15-18(2)28-31/h5-10,15-16H,4,11-14,17H2,1-3H3,(H2,26,27,32). The number of carbonyl (C=O) groups is 1. The largest absolute Gasteiger partial charge is 0.367 e. The number of benzene rings is 1. The summed E-state index contributed by atoms with van der Waals surface area (Å²) in [5.74, 6) is 0.765. The van der Waals surface area contributed by atoms with E-state index in [-0.39, 0.29) is 6.03 Å². The zero-order valence-electron chi connectivity index (χ0n) is 19.0. The second-order valence-corrected chi connectivity index (χ2v) is 8.11. The van der Waals surface area contributed by atoms with Crippen LogP contribution in [0.5, 0.6) is 0 Å². The third-order valence-corrected chi connectivity index (χ3v) is 5.80. The molecule has 1 fully saturated rings. The monoisotopic (exact) mass is 433 g/mol. The normalized spacial score (nSPS) is 14.4. The van der Waals surface area contributed by atoms with Gasteiger partial charge >= 0.3 is 6.03 Å². The quantitative estimate of drug-likeness (QED) is 0.623. The average molecular weight is 434 g/mol. The van der Waals surface area contributed by atoms with Crippen molar-refractivity contribution in [3.8, 4) is 5.82 Å². The molecule has 32 heavy (non-hydrogen) atoms. The van der Waals surface area contributed by atoms with E-state index in [1.165, 1.54) is 0 Å². The summed E-state index contributed by atoms with van der Waals surface area (Å²) >= 11 is 0. The van der Waals surface area contributed by atoms with Gasteiger partial charge in [0, 0.05) is 44.6 Å². The highest BCUT2D eigenvalue weighted by Gasteiger charge is 2.18. The summed E-state index contributed by atoms with van der Waals surface area (Å²) in [7, 11) is 0. The Balaban J connectivity index is 1.34. The summed E-state index contributed by atoms with van der Waals surface area (Å²) in [6.45, 7) is 11.6. The molecule has 3 heterocycles. The van der Waals surface area contributed by atoms with Crippen LogP contribution in [0.1, 0.15) is 23.9 Å². The number of para-hydroxylation sites is 2. The van der Waals surface area contributed by atoms with Crippen molar-refractivity contribution in [3.05, 3.63) is 65.6 Å². The lowest BCUT2D eigenvalue weighted by atomic mass is 10.2. The van der Waals surface area contributed by atoms with Crippen LogP contribution in [-0.2, 0) is 6.54 Å². The number of nitrogens with one attached hydrogen (secondary N) is 2. The molecule has 2 amide bonds. The molecule has 0 spiro atoms. The summed E-state index contributed by atoms with van der Waals surface area (Å²) in [6.07, 6.45) is 1.77. The van der Waals surface area contributed by atoms with Crippen molar-refractivity contribution in [1.82, 2.24) is 25.0 Å². The highest BCUT2D eigenvalue weighted by atomic mass is 16.2. The number of nitrogens with zero attached hydrogens (tertiary/aromatic N) is 5. The SMILES string of the molecule is CCN1CCN(c2ccccc2NC(=O)NCc2ccc(-n3nc(C)cc3C)nc2)CC1. The first-order valence-corrected chi connectivity index (χ1v) is 11.1. The number of anilines is 2. The molecule has 1 saturated heterocycles. The lowest BCUT2D eigenvalue weighted by molar-refractivity contribution is 0.251. The Bertz CT molecular complexity index is 1050. The first-order chi connectivity index (χ1) is 15.5. The number of carbonyl (C=O) groups excluding carboxylic acids is 1. The van der Waals surface area contributed by atoms with Crippen LogP contribution in [0.2, 0.25) is 0 Å². The van der Waals surface area contributed by atoms with Crippen LogP contribution >= 0.6 is 0 Å². The smallest absolute Gasteiger partial charge is 0.319 e. The highest BCUT2D eigenvalue weighted by Crippen LogP contribution is 2.26. The Morgan fingerprint density at radius 3 is 2.50 bits per heavy atom. The molecule has 168 valence electrons. The molecule has 8 heteroatoms. The average Bonchev–Trinajstić information content (AvgIpc) is 3.16. The Kier molecular flexibility index (Phi) is 6.70. The summed E-state index contributed by atoms with van der Waals surface area (Å²) in [6, 6.07) is 13.6. The minimum Gasteiger partial charge on any atom is -0.367 e. The van der Waals surface area contributed by atoms with E-state index in [9.17, 15) is 4.79 Å². The molecular weight excluding hydrogens is 402 g/mol. The molecule has 0 atom stereocenters. The van der Waals surface area contributed by atoms with Crippen LogP contribution in [0.4, 0.5) is 16.2 Å². The minimum atomic E-state index is -0.229. The van der Waals surface area contributed by atoms with Gasteiger partial charge in [0.15, 0.2) is 5.82 Å². The lowest BCUT2D eigenvalue weighted by Gasteiger charge is -2.36. The third-order valence-electron chi connectivity index (χ3n) is 5.80. The van der Waals surface area contributed by atoms with E-state index < -0.39 is 0 Å². The molecule has 1 aliphatic heterocycles. The van der Waals surface area contributed by atoms with E-state index in [2.05, 4.69) is 43.5 Å². The predicted octanol–water partition coefficient (Wildman–Crippen LogP) is 3.35. The molecule has 0 radical (unpaired) electrons. The number of pyridine rings is 1. The molecular formula is C24H31N7O. The maximum absolute atomic E-state index is 12.6. The Labute approximate surface area is 189 Å². The van der Waals surface area contributed by atoms with Gasteiger partial charge in [-0.2, -0.15) is 5.10 Å². The zero-order chi connectivity index (χ0) is 22.5. The highest BCUT2D eigenvalue weighted by molar-refractivity contribution is 5.93. The number of aromatic nitrogens is 3. The van der Waals surface area contributed by atoms with E-state index in [1.54, 1.807) is 6.20 Å².